The SMILES string of the molecule is Cn1c(=O)c(CCCN)cc2cccc(Cl)c21. The molecule has 2 N–H and O–H groups in total. The van der Waals surface area contributed by atoms with Gasteiger partial charge in [0.2, 0.25) is 0 Å². The largest absolute Gasteiger partial charge is 0.330 e. The fourth-order valence-corrected chi connectivity index (χ4v) is 2.35. The highest BCUT2D eigenvalue weighted by Gasteiger charge is 2.08. The Hall–Kier alpha value is -1.32. The Balaban J connectivity index is 2.67. The van der Waals surface area contributed by atoms with Gasteiger partial charge in [-0.25, -0.2) is 0 Å². The third-order valence-electron chi connectivity index (χ3n) is 2.91. The number of aryl methyl sites for hydroxylation is 2. The molecule has 0 unspecified atom stereocenters. The third-order valence-corrected chi connectivity index (χ3v) is 3.22. The molecule has 1 aromatic carbocycles. The topological polar surface area (TPSA) is 48.0 Å². The van der Waals surface area contributed by atoms with Gasteiger partial charge in [-0.2, -0.15) is 0 Å². The van der Waals surface area contributed by atoms with E-state index in [1.54, 1.807) is 17.7 Å². The van der Waals surface area contributed by atoms with Gasteiger partial charge in [-0.3, -0.25) is 4.79 Å². The fraction of sp³-hybridized carbons (Fsp3) is 0.308. The molecule has 1 heterocycles. The average Bonchev–Trinajstić information content (AvgIpc) is 2.32. The van der Waals surface area contributed by atoms with Crippen molar-refractivity contribution in [2.45, 2.75) is 12.8 Å². The second-order valence-electron chi connectivity index (χ2n) is 4.10. The molecule has 0 spiro atoms. The van der Waals surface area contributed by atoms with Crippen LogP contribution < -0.4 is 11.3 Å². The number of hydrogen-bond acceptors (Lipinski definition) is 2. The Morgan fingerprint density at radius 2 is 2.18 bits per heavy atom. The monoisotopic (exact) mass is 250 g/mol. The van der Waals surface area contributed by atoms with Gasteiger partial charge in [-0.05, 0) is 31.5 Å². The van der Waals surface area contributed by atoms with Crippen LogP contribution in [0.3, 0.4) is 0 Å². The standard InChI is InChI=1S/C13H15ClN2O/c1-16-12-9(4-2-6-11(12)14)8-10(13(16)17)5-3-7-15/h2,4,6,8H,3,5,7,15H2,1H3. The van der Waals surface area contributed by atoms with Crippen LogP contribution in [-0.2, 0) is 13.5 Å². The molecule has 0 aliphatic rings. The highest BCUT2D eigenvalue weighted by Crippen LogP contribution is 2.22. The summed E-state index contributed by atoms with van der Waals surface area (Å²) in [5, 5.41) is 1.60. The zero-order valence-corrected chi connectivity index (χ0v) is 10.5. The minimum absolute atomic E-state index is 0.0130. The van der Waals surface area contributed by atoms with Crippen LogP contribution >= 0.6 is 11.6 Å². The second-order valence-corrected chi connectivity index (χ2v) is 4.51. The molecule has 0 bridgehead atoms. The number of aromatic nitrogens is 1. The third kappa shape index (κ3) is 2.21. The van der Waals surface area contributed by atoms with Crippen molar-refractivity contribution in [3.63, 3.8) is 0 Å². The normalized spacial score (nSPS) is 11.0. The van der Waals surface area contributed by atoms with E-state index < -0.39 is 0 Å². The number of halogens is 1. The maximum Gasteiger partial charge on any atom is 0.254 e. The molecule has 17 heavy (non-hydrogen) atoms. The second kappa shape index (κ2) is 4.90. The van der Waals surface area contributed by atoms with Gasteiger partial charge in [-0.15, -0.1) is 0 Å². The molecule has 0 saturated heterocycles. The molecule has 90 valence electrons. The molecular formula is C13H15ClN2O. The van der Waals surface area contributed by atoms with E-state index in [2.05, 4.69) is 0 Å². The van der Waals surface area contributed by atoms with E-state index in [9.17, 15) is 4.79 Å². The van der Waals surface area contributed by atoms with Crippen molar-refractivity contribution in [2.75, 3.05) is 6.54 Å². The molecule has 0 atom stereocenters. The molecule has 0 amide bonds. The Morgan fingerprint density at radius 1 is 1.41 bits per heavy atom. The smallest absolute Gasteiger partial charge is 0.254 e. The van der Waals surface area contributed by atoms with E-state index in [-0.39, 0.29) is 5.56 Å². The summed E-state index contributed by atoms with van der Waals surface area (Å²) < 4.78 is 1.61. The van der Waals surface area contributed by atoms with Crippen molar-refractivity contribution in [3.05, 3.63) is 45.2 Å². The number of para-hydroxylation sites is 1. The van der Waals surface area contributed by atoms with Crippen LogP contribution in [0.2, 0.25) is 5.02 Å². The number of rotatable bonds is 3. The maximum absolute atomic E-state index is 12.1. The Bertz CT molecular complexity index is 604. The van der Waals surface area contributed by atoms with Gasteiger partial charge in [0.15, 0.2) is 0 Å². The predicted octanol–water partition coefficient (Wildman–Crippen LogP) is 2.08. The zero-order chi connectivity index (χ0) is 12.4. The average molecular weight is 251 g/mol. The van der Waals surface area contributed by atoms with Gasteiger partial charge >= 0.3 is 0 Å². The molecule has 0 radical (unpaired) electrons. The van der Waals surface area contributed by atoms with Crippen LogP contribution in [0.15, 0.2) is 29.1 Å². The van der Waals surface area contributed by atoms with Crippen molar-refractivity contribution in [2.24, 2.45) is 12.8 Å². The summed E-state index contributed by atoms with van der Waals surface area (Å²) in [5.41, 5.74) is 7.07. The van der Waals surface area contributed by atoms with Crippen LogP contribution in [0.25, 0.3) is 10.9 Å². The van der Waals surface area contributed by atoms with E-state index in [1.165, 1.54) is 0 Å². The minimum Gasteiger partial charge on any atom is -0.330 e. The quantitative estimate of drug-likeness (QED) is 0.907. The lowest BCUT2D eigenvalue weighted by Crippen LogP contribution is -2.22. The lowest BCUT2D eigenvalue weighted by Gasteiger charge is -2.09. The van der Waals surface area contributed by atoms with Gasteiger partial charge in [0.05, 0.1) is 10.5 Å². The summed E-state index contributed by atoms with van der Waals surface area (Å²) in [6.07, 6.45) is 1.53. The first kappa shape index (κ1) is 12.1. The van der Waals surface area contributed by atoms with Crippen LogP contribution in [0.5, 0.6) is 0 Å². The summed E-state index contributed by atoms with van der Waals surface area (Å²) in [4.78, 5) is 12.1. The summed E-state index contributed by atoms with van der Waals surface area (Å²) in [6, 6.07) is 7.57. The Kier molecular flexibility index (Phi) is 3.50. The van der Waals surface area contributed by atoms with Crippen LogP contribution in [0, 0.1) is 0 Å². The molecule has 0 saturated carbocycles. The molecule has 0 fully saturated rings. The lowest BCUT2D eigenvalue weighted by atomic mass is 10.1. The molecule has 1 aromatic heterocycles. The van der Waals surface area contributed by atoms with E-state index in [0.29, 0.717) is 18.0 Å². The van der Waals surface area contributed by atoms with E-state index in [1.807, 2.05) is 18.2 Å². The van der Waals surface area contributed by atoms with Crippen LogP contribution in [-0.4, -0.2) is 11.1 Å². The Labute approximate surface area is 105 Å². The van der Waals surface area contributed by atoms with Gasteiger partial charge in [0, 0.05) is 18.0 Å². The van der Waals surface area contributed by atoms with Crippen molar-refractivity contribution >= 4 is 22.5 Å². The first-order valence-electron chi connectivity index (χ1n) is 5.62. The first-order chi connectivity index (χ1) is 8.15. The van der Waals surface area contributed by atoms with Crippen molar-refractivity contribution in [3.8, 4) is 0 Å². The first-order valence-corrected chi connectivity index (χ1v) is 6.00. The van der Waals surface area contributed by atoms with Crippen molar-refractivity contribution in [1.29, 1.82) is 0 Å². The number of fused-ring (bicyclic) bond motifs is 1. The summed E-state index contributed by atoms with van der Waals surface area (Å²) in [5.74, 6) is 0. The lowest BCUT2D eigenvalue weighted by molar-refractivity contribution is 0.799. The number of hydrogen-bond donors (Lipinski definition) is 1. The van der Waals surface area contributed by atoms with Crippen LogP contribution in [0.4, 0.5) is 0 Å². The van der Waals surface area contributed by atoms with Gasteiger partial charge in [0.1, 0.15) is 0 Å². The maximum atomic E-state index is 12.1. The van der Waals surface area contributed by atoms with E-state index in [4.69, 9.17) is 17.3 Å². The molecule has 3 nitrogen and oxygen atoms in total. The fourth-order valence-electron chi connectivity index (χ4n) is 2.04. The molecule has 2 rings (SSSR count). The van der Waals surface area contributed by atoms with Crippen molar-refractivity contribution in [1.82, 2.24) is 4.57 Å². The molecular weight excluding hydrogens is 236 g/mol. The van der Waals surface area contributed by atoms with E-state index in [0.717, 1.165) is 22.9 Å². The van der Waals surface area contributed by atoms with Crippen LogP contribution in [0.1, 0.15) is 12.0 Å². The number of benzene rings is 1. The molecule has 0 aliphatic carbocycles. The van der Waals surface area contributed by atoms with Gasteiger partial charge in [-0.1, -0.05) is 23.7 Å². The van der Waals surface area contributed by atoms with Gasteiger partial charge in [0.25, 0.3) is 5.56 Å². The summed E-state index contributed by atoms with van der Waals surface area (Å²) >= 11 is 6.11. The zero-order valence-electron chi connectivity index (χ0n) is 9.74. The predicted molar refractivity (Wildman–Crippen MR) is 71.6 cm³/mol. The molecule has 2 aromatic rings. The van der Waals surface area contributed by atoms with Crippen molar-refractivity contribution < 1.29 is 0 Å². The summed E-state index contributed by atoms with van der Waals surface area (Å²) in [6.45, 7) is 0.594. The van der Waals surface area contributed by atoms with Gasteiger partial charge < -0.3 is 10.3 Å². The number of nitrogens with two attached hydrogens (primary N) is 1. The number of pyridine rings is 1. The molecule has 0 aliphatic heterocycles. The highest BCUT2D eigenvalue weighted by atomic mass is 35.5. The summed E-state index contributed by atoms with van der Waals surface area (Å²) in [7, 11) is 1.75. The highest BCUT2D eigenvalue weighted by molar-refractivity contribution is 6.35. The molecule has 4 heteroatoms. The number of nitrogens with zero attached hydrogens (tertiary/aromatic N) is 1. The Morgan fingerprint density at radius 3 is 2.88 bits per heavy atom. The van der Waals surface area contributed by atoms with E-state index >= 15 is 0 Å². The minimum atomic E-state index is 0.0130.